The molecule has 0 aliphatic carbocycles. The van der Waals surface area contributed by atoms with Gasteiger partial charge in [0.1, 0.15) is 12.1 Å². The topological polar surface area (TPSA) is 101 Å². The quantitative estimate of drug-likeness (QED) is 0.590. The van der Waals surface area contributed by atoms with Gasteiger partial charge in [0.25, 0.3) is 0 Å². The molecule has 0 unspecified atom stereocenters. The third-order valence-electron chi connectivity index (χ3n) is 5.38. The summed E-state index contributed by atoms with van der Waals surface area (Å²) >= 11 is 0. The van der Waals surface area contributed by atoms with Crippen molar-refractivity contribution in [1.29, 1.82) is 0 Å². The van der Waals surface area contributed by atoms with Crippen LogP contribution in [0, 0.1) is 17.5 Å². The second-order valence-corrected chi connectivity index (χ2v) is 7.62. The summed E-state index contributed by atoms with van der Waals surface area (Å²) in [5.41, 5.74) is 7.57. The van der Waals surface area contributed by atoms with E-state index in [1.165, 1.54) is 11.2 Å². The zero-order valence-corrected chi connectivity index (χ0v) is 16.8. The first-order chi connectivity index (χ1) is 15.2. The molecule has 4 rings (SSSR count). The van der Waals surface area contributed by atoms with Gasteiger partial charge in [0.05, 0.1) is 17.9 Å². The first-order valence-electron chi connectivity index (χ1n) is 9.79. The molecule has 32 heavy (non-hydrogen) atoms. The lowest BCUT2D eigenvalue weighted by atomic mass is 10.0. The number of aromatic carboxylic acids is 1. The van der Waals surface area contributed by atoms with Crippen LogP contribution in [-0.4, -0.2) is 37.5 Å². The number of carbonyl (C=O) groups excluding carboxylic acids is 1. The van der Waals surface area contributed by atoms with E-state index in [0.717, 1.165) is 11.6 Å². The van der Waals surface area contributed by atoms with Crippen molar-refractivity contribution >= 4 is 11.9 Å². The summed E-state index contributed by atoms with van der Waals surface area (Å²) in [5.74, 6) is -5.04. The smallest absolute Gasteiger partial charge is 0.356 e. The number of carboxylic acid groups (broad SMARTS) is 1. The molecule has 10 heteroatoms. The van der Waals surface area contributed by atoms with E-state index in [1.54, 1.807) is 22.8 Å². The van der Waals surface area contributed by atoms with E-state index in [2.05, 4.69) is 4.98 Å². The molecule has 3 aromatic rings. The molecule has 1 aliphatic heterocycles. The summed E-state index contributed by atoms with van der Waals surface area (Å²) in [4.78, 5) is 30.0. The first kappa shape index (κ1) is 21.6. The Morgan fingerprint density at radius 3 is 2.56 bits per heavy atom. The minimum Gasteiger partial charge on any atom is -0.476 e. The van der Waals surface area contributed by atoms with E-state index in [-0.39, 0.29) is 43.1 Å². The number of nitrogens with zero attached hydrogens (tertiary/aromatic N) is 3. The van der Waals surface area contributed by atoms with Crippen LogP contribution in [0.15, 0.2) is 42.7 Å². The molecule has 1 aliphatic rings. The second-order valence-electron chi connectivity index (χ2n) is 7.62. The molecule has 3 N–H and O–H groups in total. The number of carboxylic acids is 1. The first-order valence-corrected chi connectivity index (χ1v) is 9.79. The van der Waals surface area contributed by atoms with Gasteiger partial charge in [0.2, 0.25) is 5.91 Å². The standard InChI is InChI=1S/C22H19F3N4O3/c23-15-8-17(25)16(24)6-13(15)5-14(26)7-20(30)28-9-12-3-1-2-4-18(12)29-11-27-21(22(31)32)19(29)10-28/h1-4,6,8,11,14H,5,7,9-10,26H2,(H,31,32)/t14-/m1/s1. The summed E-state index contributed by atoms with van der Waals surface area (Å²) in [5, 5.41) is 9.48. The Balaban J connectivity index is 1.57. The minimum atomic E-state index is -1.30. The highest BCUT2D eigenvalue weighted by Gasteiger charge is 2.28. The van der Waals surface area contributed by atoms with Crippen LogP contribution >= 0.6 is 0 Å². The van der Waals surface area contributed by atoms with Crippen LogP contribution < -0.4 is 5.73 Å². The molecule has 1 aromatic heterocycles. The van der Waals surface area contributed by atoms with Gasteiger partial charge < -0.3 is 20.3 Å². The van der Waals surface area contributed by atoms with Crippen LogP contribution in [0.2, 0.25) is 0 Å². The van der Waals surface area contributed by atoms with Crippen molar-refractivity contribution in [2.45, 2.75) is 32.0 Å². The molecule has 0 radical (unpaired) electrons. The van der Waals surface area contributed by atoms with Crippen LogP contribution in [0.1, 0.15) is 33.7 Å². The third kappa shape index (κ3) is 4.09. The van der Waals surface area contributed by atoms with Crippen molar-refractivity contribution in [3.63, 3.8) is 0 Å². The van der Waals surface area contributed by atoms with Crippen molar-refractivity contribution < 1.29 is 27.9 Å². The normalized spacial score (nSPS) is 13.8. The Labute approximate surface area is 180 Å². The number of hydrogen-bond acceptors (Lipinski definition) is 4. The van der Waals surface area contributed by atoms with E-state index in [0.29, 0.717) is 17.4 Å². The number of hydrogen-bond donors (Lipinski definition) is 2. The van der Waals surface area contributed by atoms with Gasteiger partial charge >= 0.3 is 5.97 Å². The molecule has 0 fully saturated rings. The number of para-hydroxylation sites is 1. The van der Waals surface area contributed by atoms with Gasteiger partial charge in [-0.3, -0.25) is 4.79 Å². The minimum absolute atomic E-state index is 0.0125. The second kappa shape index (κ2) is 8.46. The summed E-state index contributed by atoms with van der Waals surface area (Å²) in [6.07, 6.45) is 1.04. The Bertz CT molecular complexity index is 1210. The van der Waals surface area contributed by atoms with Crippen LogP contribution in [-0.2, 0) is 24.3 Å². The summed E-state index contributed by atoms with van der Waals surface area (Å²) in [6.45, 7) is 0.198. The van der Waals surface area contributed by atoms with Crippen molar-refractivity contribution in [2.24, 2.45) is 5.73 Å². The van der Waals surface area contributed by atoms with Gasteiger partial charge in [-0.2, -0.15) is 0 Å². The Morgan fingerprint density at radius 2 is 1.81 bits per heavy atom. The maximum atomic E-state index is 13.9. The van der Waals surface area contributed by atoms with Gasteiger partial charge in [0.15, 0.2) is 17.3 Å². The fraction of sp³-hybridized carbons (Fsp3) is 0.227. The number of benzene rings is 2. The predicted octanol–water partition coefficient (Wildman–Crippen LogP) is 2.79. The largest absolute Gasteiger partial charge is 0.476 e. The number of fused-ring (bicyclic) bond motifs is 3. The van der Waals surface area contributed by atoms with Crippen molar-refractivity contribution in [2.75, 3.05) is 0 Å². The average molecular weight is 444 g/mol. The Morgan fingerprint density at radius 1 is 1.09 bits per heavy atom. The summed E-state index contributed by atoms with van der Waals surface area (Å²) < 4.78 is 42.2. The molecule has 2 heterocycles. The average Bonchev–Trinajstić information content (AvgIpc) is 3.08. The lowest BCUT2D eigenvalue weighted by Gasteiger charge is -2.23. The lowest BCUT2D eigenvalue weighted by molar-refractivity contribution is -0.132. The van der Waals surface area contributed by atoms with E-state index in [1.807, 2.05) is 6.07 Å². The number of nitrogens with two attached hydrogens (primary N) is 1. The van der Waals surface area contributed by atoms with Crippen LogP contribution in [0.5, 0.6) is 0 Å². The third-order valence-corrected chi connectivity index (χ3v) is 5.38. The summed E-state index contributed by atoms with van der Waals surface area (Å²) in [6, 6.07) is 7.55. The van der Waals surface area contributed by atoms with Crippen molar-refractivity contribution in [1.82, 2.24) is 14.5 Å². The fourth-order valence-electron chi connectivity index (χ4n) is 3.84. The lowest BCUT2D eigenvalue weighted by Crippen LogP contribution is -2.36. The molecule has 2 aromatic carbocycles. The molecular formula is C22H19F3N4O3. The predicted molar refractivity (Wildman–Crippen MR) is 107 cm³/mol. The zero-order valence-electron chi connectivity index (χ0n) is 16.8. The molecule has 0 saturated heterocycles. The van der Waals surface area contributed by atoms with Gasteiger partial charge in [-0.05, 0) is 29.7 Å². The van der Waals surface area contributed by atoms with E-state index in [9.17, 15) is 27.9 Å². The maximum absolute atomic E-state index is 13.9. The van der Waals surface area contributed by atoms with Gasteiger partial charge in [-0.1, -0.05) is 18.2 Å². The number of amides is 1. The Kier molecular flexibility index (Phi) is 5.70. The van der Waals surface area contributed by atoms with Crippen molar-refractivity contribution in [3.05, 3.63) is 82.7 Å². The SMILES string of the molecule is N[C@@H](CC(=O)N1Cc2ccccc2-n2cnc(C(=O)O)c2C1)Cc1cc(F)c(F)cc1F. The summed E-state index contributed by atoms with van der Waals surface area (Å²) in [7, 11) is 0. The van der Waals surface area contributed by atoms with Crippen molar-refractivity contribution in [3.8, 4) is 5.69 Å². The molecule has 166 valence electrons. The monoisotopic (exact) mass is 444 g/mol. The maximum Gasteiger partial charge on any atom is 0.356 e. The molecule has 0 bridgehead atoms. The molecule has 0 saturated carbocycles. The number of rotatable bonds is 5. The number of carbonyl (C=O) groups is 2. The van der Waals surface area contributed by atoms with Crippen LogP contribution in [0.3, 0.4) is 0 Å². The highest BCUT2D eigenvalue weighted by molar-refractivity contribution is 5.87. The van der Waals surface area contributed by atoms with Gasteiger partial charge in [-0.25, -0.2) is 22.9 Å². The van der Waals surface area contributed by atoms with Gasteiger partial charge in [-0.15, -0.1) is 0 Å². The highest BCUT2D eigenvalue weighted by atomic mass is 19.2. The van der Waals surface area contributed by atoms with E-state index < -0.39 is 29.5 Å². The highest BCUT2D eigenvalue weighted by Crippen LogP contribution is 2.27. The zero-order chi connectivity index (χ0) is 23.0. The molecule has 1 atom stereocenters. The number of imidazole rings is 1. The van der Waals surface area contributed by atoms with Crippen LogP contribution in [0.25, 0.3) is 5.69 Å². The van der Waals surface area contributed by atoms with Crippen LogP contribution in [0.4, 0.5) is 13.2 Å². The number of aromatic nitrogens is 2. The van der Waals surface area contributed by atoms with E-state index >= 15 is 0 Å². The molecule has 0 spiro atoms. The van der Waals surface area contributed by atoms with Gasteiger partial charge in [0, 0.05) is 25.1 Å². The number of halogens is 3. The fourth-order valence-corrected chi connectivity index (χ4v) is 3.84. The Hall–Kier alpha value is -3.66. The molecule has 7 nitrogen and oxygen atoms in total. The molecular weight excluding hydrogens is 425 g/mol. The molecule has 1 amide bonds. The van der Waals surface area contributed by atoms with E-state index in [4.69, 9.17) is 5.73 Å².